The average molecular weight is 169 g/mol. The van der Waals surface area contributed by atoms with Gasteiger partial charge in [0.2, 0.25) is 0 Å². The zero-order valence-electron chi connectivity index (χ0n) is 7.38. The van der Waals surface area contributed by atoms with Crippen molar-refractivity contribution in [1.82, 2.24) is 0 Å². The second-order valence-electron chi connectivity index (χ2n) is 3.85. The molecule has 3 heteroatoms. The van der Waals surface area contributed by atoms with Gasteiger partial charge < -0.3 is 10.5 Å². The van der Waals surface area contributed by atoms with E-state index in [0.29, 0.717) is 12.5 Å². The summed E-state index contributed by atoms with van der Waals surface area (Å²) in [4.78, 5) is 11.5. The first-order valence-corrected chi connectivity index (χ1v) is 4.64. The Kier molecular flexibility index (Phi) is 1.65. The van der Waals surface area contributed by atoms with E-state index in [0.717, 1.165) is 19.3 Å². The van der Waals surface area contributed by atoms with E-state index >= 15 is 0 Å². The van der Waals surface area contributed by atoms with Gasteiger partial charge in [-0.3, -0.25) is 4.79 Å². The maximum Gasteiger partial charge on any atom is 0.313 e. The van der Waals surface area contributed by atoms with Crippen molar-refractivity contribution in [2.75, 3.05) is 6.61 Å². The van der Waals surface area contributed by atoms with Crippen molar-refractivity contribution in [2.24, 2.45) is 17.1 Å². The third-order valence-electron chi connectivity index (χ3n) is 3.30. The molecule has 3 unspecified atom stereocenters. The molecule has 0 aliphatic heterocycles. The van der Waals surface area contributed by atoms with Crippen LogP contribution in [-0.4, -0.2) is 18.6 Å². The lowest BCUT2D eigenvalue weighted by Crippen LogP contribution is -2.36. The summed E-state index contributed by atoms with van der Waals surface area (Å²) in [5.41, 5.74) is 5.63. The second kappa shape index (κ2) is 2.46. The number of nitrogens with two attached hydrogens (primary N) is 1. The number of carbonyl (C=O) groups excluding carboxylic acids is 1. The standard InChI is InChI=1S/C9H15NO2/c1-2-12-8(11)9-5-6(9)3-4-7(9)10/h6-7H,2-5,10H2,1H3. The maximum atomic E-state index is 11.5. The van der Waals surface area contributed by atoms with E-state index in [1.54, 1.807) is 0 Å². The lowest BCUT2D eigenvalue weighted by Gasteiger charge is -2.16. The van der Waals surface area contributed by atoms with Crippen LogP contribution in [0.5, 0.6) is 0 Å². The van der Waals surface area contributed by atoms with E-state index < -0.39 is 0 Å². The number of rotatable bonds is 2. The highest BCUT2D eigenvalue weighted by molar-refractivity contribution is 5.82. The fraction of sp³-hybridized carbons (Fsp3) is 0.889. The van der Waals surface area contributed by atoms with E-state index in [4.69, 9.17) is 10.5 Å². The Morgan fingerprint density at radius 2 is 2.42 bits per heavy atom. The number of fused-ring (bicyclic) bond motifs is 1. The SMILES string of the molecule is CCOC(=O)C12CC1CCC2N. The summed E-state index contributed by atoms with van der Waals surface area (Å²) in [6.45, 7) is 2.31. The lowest BCUT2D eigenvalue weighted by molar-refractivity contribution is -0.150. The minimum absolute atomic E-state index is 0.0556. The van der Waals surface area contributed by atoms with Crippen molar-refractivity contribution in [3.05, 3.63) is 0 Å². The van der Waals surface area contributed by atoms with Crippen LogP contribution in [0.15, 0.2) is 0 Å². The number of esters is 1. The number of ether oxygens (including phenoxy) is 1. The minimum Gasteiger partial charge on any atom is -0.466 e. The molecule has 2 saturated carbocycles. The second-order valence-corrected chi connectivity index (χ2v) is 3.85. The predicted octanol–water partition coefficient (Wildman–Crippen LogP) is 0.677. The fourth-order valence-electron chi connectivity index (χ4n) is 2.47. The molecule has 0 spiro atoms. The first kappa shape index (κ1) is 8.05. The van der Waals surface area contributed by atoms with Crippen LogP contribution < -0.4 is 5.73 Å². The molecule has 12 heavy (non-hydrogen) atoms. The molecule has 0 aromatic rings. The molecule has 0 aromatic carbocycles. The van der Waals surface area contributed by atoms with Crippen LogP contribution in [0.2, 0.25) is 0 Å². The Morgan fingerprint density at radius 3 is 2.83 bits per heavy atom. The van der Waals surface area contributed by atoms with Crippen molar-refractivity contribution in [3.63, 3.8) is 0 Å². The Morgan fingerprint density at radius 1 is 1.67 bits per heavy atom. The van der Waals surface area contributed by atoms with Crippen molar-refractivity contribution in [3.8, 4) is 0 Å². The highest BCUT2D eigenvalue weighted by Crippen LogP contribution is 2.63. The minimum atomic E-state index is -0.254. The monoisotopic (exact) mass is 169 g/mol. The molecule has 2 rings (SSSR count). The van der Waals surface area contributed by atoms with Gasteiger partial charge in [-0.2, -0.15) is 0 Å². The third-order valence-corrected chi connectivity index (χ3v) is 3.30. The van der Waals surface area contributed by atoms with Gasteiger partial charge in [0.25, 0.3) is 0 Å². The van der Waals surface area contributed by atoms with Gasteiger partial charge in [0, 0.05) is 6.04 Å². The molecule has 0 aromatic heterocycles. The number of carbonyl (C=O) groups is 1. The zero-order chi connectivity index (χ0) is 8.77. The molecular weight excluding hydrogens is 154 g/mol. The third kappa shape index (κ3) is 0.829. The van der Waals surface area contributed by atoms with Crippen molar-refractivity contribution >= 4 is 5.97 Å². The first-order chi connectivity index (χ1) is 5.71. The van der Waals surface area contributed by atoms with Crippen LogP contribution in [-0.2, 0) is 9.53 Å². The number of hydrogen-bond donors (Lipinski definition) is 1. The van der Waals surface area contributed by atoms with E-state index in [9.17, 15) is 4.79 Å². The van der Waals surface area contributed by atoms with Gasteiger partial charge in [0.05, 0.1) is 12.0 Å². The van der Waals surface area contributed by atoms with E-state index in [-0.39, 0.29) is 17.4 Å². The largest absolute Gasteiger partial charge is 0.466 e. The first-order valence-electron chi connectivity index (χ1n) is 4.64. The predicted molar refractivity (Wildman–Crippen MR) is 44.4 cm³/mol. The quantitative estimate of drug-likeness (QED) is 0.618. The topological polar surface area (TPSA) is 52.3 Å². The summed E-state index contributed by atoms with van der Waals surface area (Å²) in [5, 5.41) is 0. The van der Waals surface area contributed by atoms with Gasteiger partial charge >= 0.3 is 5.97 Å². The maximum absolute atomic E-state index is 11.5. The summed E-state index contributed by atoms with van der Waals surface area (Å²) in [5.74, 6) is 0.478. The number of hydrogen-bond acceptors (Lipinski definition) is 3. The molecule has 0 saturated heterocycles. The van der Waals surface area contributed by atoms with E-state index in [1.807, 2.05) is 6.92 Å². The summed E-state index contributed by atoms with van der Waals surface area (Å²) < 4.78 is 5.02. The average Bonchev–Trinajstić information content (AvgIpc) is 2.69. The van der Waals surface area contributed by atoms with Crippen LogP contribution in [0.1, 0.15) is 26.2 Å². The van der Waals surface area contributed by atoms with Crippen molar-refractivity contribution in [2.45, 2.75) is 32.2 Å². The Balaban J connectivity index is 2.07. The molecule has 3 nitrogen and oxygen atoms in total. The van der Waals surface area contributed by atoms with E-state index in [2.05, 4.69) is 0 Å². The van der Waals surface area contributed by atoms with Gasteiger partial charge in [-0.05, 0) is 32.1 Å². The summed E-state index contributed by atoms with van der Waals surface area (Å²) in [6.07, 6.45) is 3.07. The van der Waals surface area contributed by atoms with Gasteiger partial charge in [-0.25, -0.2) is 0 Å². The Hall–Kier alpha value is -0.570. The van der Waals surface area contributed by atoms with Crippen molar-refractivity contribution in [1.29, 1.82) is 0 Å². The molecule has 0 bridgehead atoms. The smallest absolute Gasteiger partial charge is 0.313 e. The summed E-state index contributed by atoms with van der Waals surface area (Å²) in [6, 6.07) is 0.0570. The highest BCUT2D eigenvalue weighted by Gasteiger charge is 2.67. The molecule has 3 atom stereocenters. The Labute approximate surface area is 72.3 Å². The summed E-state index contributed by atoms with van der Waals surface area (Å²) >= 11 is 0. The van der Waals surface area contributed by atoms with Gasteiger partial charge in [-0.15, -0.1) is 0 Å². The van der Waals surface area contributed by atoms with E-state index in [1.165, 1.54) is 0 Å². The molecule has 68 valence electrons. The summed E-state index contributed by atoms with van der Waals surface area (Å²) in [7, 11) is 0. The van der Waals surface area contributed by atoms with Crippen LogP contribution in [0.3, 0.4) is 0 Å². The van der Waals surface area contributed by atoms with Crippen molar-refractivity contribution < 1.29 is 9.53 Å². The zero-order valence-corrected chi connectivity index (χ0v) is 7.38. The van der Waals surface area contributed by atoms with Crippen LogP contribution in [0.4, 0.5) is 0 Å². The lowest BCUT2D eigenvalue weighted by atomic mass is 9.99. The Bertz CT molecular complexity index is 217. The van der Waals surface area contributed by atoms with Crippen LogP contribution in [0, 0.1) is 11.3 Å². The van der Waals surface area contributed by atoms with Gasteiger partial charge in [0.1, 0.15) is 0 Å². The highest BCUT2D eigenvalue weighted by atomic mass is 16.5. The fourth-order valence-corrected chi connectivity index (χ4v) is 2.47. The molecule has 0 heterocycles. The van der Waals surface area contributed by atoms with Crippen LogP contribution in [0.25, 0.3) is 0 Å². The van der Waals surface area contributed by atoms with Gasteiger partial charge in [0.15, 0.2) is 0 Å². The molecule has 2 fully saturated rings. The molecule has 0 amide bonds. The van der Waals surface area contributed by atoms with Gasteiger partial charge in [-0.1, -0.05) is 0 Å². The molecule has 2 aliphatic carbocycles. The molecule has 2 N–H and O–H groups in total. The molecule has 2 aliphatic rings. The molecular formula is C9H15NO2. The van der Waals surface area contributed by atoms with Crippen LogP contribution >= 0.6 is 0 Å². The molecule has 0 radical (unpaired) electrons. The normalized spacial score (nSPS) is 43.8.